The molecule has 2 aromatic rings. The Bertz CT molecular complexity index is 653. The third-order valence-electron chi connectivity index (χ3n) is 4.65. The van der Waals surface area contributed by atoms with E-state index >= 15 is 0 Å². The van der Waals surface area contributed by atoms with Gasteiger partial charge in [0.25, 0.3) is 0 Å². The van der Waals surface area contributed by atoms with E-state index in [9.17, 15) is 4.79 Å². The van der Waals surface area contributed by atoms with Gasteiger partial charge in [0.1, 0.15) is 5.82 Å². The maximum Gasteiger partial charge on any atom is 0.153 e. The highest BCUT2D eigenvalue weighted by Crippen LogP contribution is 2.31. The first-order valence-electron chi connectivity index (χ1n) is 7.77. The summed E-state index contributed by atoms with van der Waals surface area (Å²) >= 11 is 0. The molecule has 3 heteroatoms. The number of benzene rings is 1. The van der Waals surface area contributed by atoms with E-state index in [0.29, 0.717) is 11.6 Å². The third kappa shape index (κ3) is 2.78. The molecule has 0 radical (unpaired) electrons. The molecule has 1 saturated carbocycles. The molecule has 0 spiro atoms. The lowest BCUT2D eigenvalue weighted by Gasteiger charge is -2.35. The molecule has 21 heavy (non-hydrogen) atoms. The Hall–Kier alpha value is -1.90. The Morgan fingerprint density at radius 3 is 2.86 bits per heavy atom. The molecule has 1 aromatic carbocycles. The first-order valence-corrected chi connectivity index (χ1v) is 7.77. The Morgan fingerprint density at radius 2 is 2.10 bits per heavy atom. The van der Waals surface area contributed by atoms with Crippen molar-refractivity contribution < 1.29 is 4.79 Å². The van der Waals surface area contributed by atoms with E-state index in [0.717, 1.165) is 28.9 Å². The number of para-hydroxylation sites is 1. The van der Waals surface area contributed by atoms with Gasteiger partial charge in [-0.1, -0.05) is 38.0 Å². The zero-order chi connectivity index (χ0) is 14.8. The van der Waals surface area contributed by atoms with Crippen LogP contribution in [0.25, 0.3) is 10.9 Å². The second-order valence-electron chi connectivity index (χ2n) is 6.25. The van der Waals surface area contributed by atoms with Crippen LogP contribution in [0.1, 0.15) is 43.0 Å². The van der Waals surface area contributed by atoms with Gasteiger partial charge in [0.05, 0.1) is 11.1 Å². The number of rotatable bonds is 3. The summed E-state index contributed by atoms with van der Waals surface area (Å²) in [7, 11) is 2.08. The quantitative estimate of drug-likeness (QED) is 0.796. The van der Waals surface area contributed by atoms with Gasteiger partial charge in [-0.3, -0.25) is 4.79 Å². The van der Waals surface area contributed by atoms with Crippen molar-refractivity contribution in [3.63, 3.8) is 0 Å². The summed E-state index contributed by atoms with van der Waals surface area (Å²) in [6, 6.07) is 10.4. The first-order chi connectivity index (χ1) is 10.2. The number of anilines is 1. The number of aldehydes is 1. The van der Waals surface area contributed by atoms with Gasteiger partial charge in [0.2, 0.25) is 0 Å². The summed E-state index contributed by atoms with van der Waals surface area (Å²) < 4.78 is 0. The molecular weight excluding hydrogens is 260 g/mol. The van der Waals surface area contributed by atoms with Gasteiger partial charge in [0.15, 0.2) is 6.29 Å². The van der Waals surface area contributed by atoms with E-state index in [2.05, 4.69) is 18.9 Å². The highest BCUT2D eigenvalue weighted by atomic mass is 16.1. The molecule has 2 unspecified atom stereocenters. The topological polar surface area (TPSA) is 33.2 Å². The second-order valence-corrected chi connectivity index (χ2v) is 6.25. The zero-order valence-electron chi connectivity index (χ0n) is 12.7. The lowest BCUT2D eigenvalue weighted by molar-refractivity contribution is 0.112. The van der Waals surface area contributed by atoms with Crippen molar-refractivity contribution in [2.24, 2.45) is 5.92 Å². The molecule has 0 N–H and O–H groups in total. The van der Waals surface area contributed by atoms with Gasteiger partial charge in [-0.25, -0.2) is 4.98 Å². The molecule has 2 atom stereocenters. The molecule has 0 bridgehead atoms. The molecule has 1 fully saturated rings. The van der Waals surface area contributed by atoms with Crippen molar-refractivity contribution in [3.05, 3.63) is 35.9 Å². The average Bonchev–Trinajstić information content (AvgIpc) is 2.53. The number of hydrogen-bond donors (Lipinski definition) is 0. The molecule has 1 aliphatic rings. The van der Waals surface area contributed by atoms with E-state index in [1.54, 1.807) is 0 Å². The largest absolute Gasteiger partial charge is 0.356 e. The molecule has 1 heterocycles. The van der Waals surface area contributed by atoms with Gasteiger partial charge in [0, 0.05) is 18.5 Å². The number of carbonyl (C=O) groups excluding carboxylic acids is 1. The Morgan fingerprint density at radius 1 is 1.29 bits per heavy atom. The summed E-state index contributed by atoms with van der Waals surface area (Å²) in [5.74, 6) is 1.58. The lowest BCUT2D eigenvalue weighted by Crippen LogP contribution is -2.36. The molecular formula is C18H22N2O. The first kappa shape index (κ1) is 14.1. The summed E-state index contributed by atoms with van der Waals surface area (Å²) in [6.45, 7) is 2.31. The number of nitrogens with zero attached hydrogens (tertiary/aromatic N) is 2. The molecule has 3 rings (SSSR count). The lowest BCUT2D eigenvalue weighted by atomic mass is 9.86. The van der Waals surface area contributed by atoms with Crippen molar-refractivity contribution in [2.45, 2.75) is 38.6 Å². The smallest absolute Gasteiger partial charge is 0.153 e. The maximum atomic E-state index is 11.5. The Kier molecular flexibility index (Phi) is 3.91. The summed E-state index contributed by atoms with van der Waals surface area (Å²) in [4.78, 5) is 18.4. The van der Waals surface area contributed by atoms with E-state index in [1.807, 2.05) is 30.3 Å². The van der Waals surface area contributed by atoms with Crippen molar-refractivity contribution >= 4 is 23.0 Å². The van der Waals surface area contributed by atoms with Crippen LogP contribution >= 0.6 is 0 Å². The average molecular weight is 282 g/mol. The van der Waals surface area contributed by atoms with Gasteiger partial charge < -0.3 is 4.90 Å². The fraction of sp³-hybridized carbons (Fsp3) is 0.444. The number of carbonyl (C=O) groups is 1. The van der Waals surface area contributed by atoms with Crippen LogP contribution in [0.15, 0.2) is 30.3 Å². The van der Waals surface area contributed by atoms with Crippen LogP contribution in [0.2, 0.25) is 0 Å². The predicted molar refractivity (Wildman–Crippen MR) is 87.0 cm³/mol. The molecule has 0 saturated heterocycles. The number of hydrogen-bond acceptors (Lipinski definition) is 3. The maximum absolute atomic E-state index is 11.5. The second kappa shape index (κ2) is 5.84. The summed E-state index contributed by atoms with van der Waals surface area (Å²) in [5.41, 5.74) is 1.64. The van der Waals surface area contributed by atoms with E-state index in [-0.39, 0.29) is 0 Å². The normalized spacial score (nSPS) is 22.2. The fourth-order valence-electron chi connectivity index (χ4n) is 3.42. The van der Waals surface area contributed by atoms with Crippen molar-refractivity contribution in [3.8, 4) is 0 Å². The molecule has 0 amide bonds. The number of pyridine rings is 1. The van der Waals surface area contributed by atoms with Crippen molar-refractivity contribution in [1.29, 1.82) is 0 Å². The number of fused-ring (bicyclic) bond motifs is 1. The summed E-state index contributed by atoms with van der Waals surface area (Å²) in [5, 5.41) is 1.02. The minimum Gasteiger partial charge on any atom is -0.356 e. The minimum absolute atomic E-state index is 0.487. The van der Waals surface area contributed by atoms with Gasteiger partial charge in [-0.05, 0) is 30.9 Å². The Balaban J connectivity index is 1.99. The van der Waals surface area contributed by atoms with E-state index in [1.165, 1.54) is 25.7 Å². The minimum atomic E-state index is 0.487. The standard InChI is InChI=1S/C18H22N2O/c1-13-6-5-8-16(10-13)20(2)18-15(12-21)11-14-7-3-4-9-17(14)19-18/h3-4,7,9,11-13,16H,5-6,8,10H2,1-2H3. The van der Waals surface area contributed by atoms with Gasteiger partial charge in [-0.2, -0.15) is 0 Å². The van der Waals surface area contributed by atoms with Crippen LogP contribution in [0.3, 0.4) is 0 Å². The molecule has 1 aromatic heterocycles. The van der Waals surface area contributed by atoms with E-state index in [4.69, 9.17) is 4.98 Å². The highest BCUT2D eigenvalue weighted by molar-refractivity contribution is 5.91. The van der Waals surface area contributed by atoms with Crippen LogP contribution in [0.4, 0.5) is 5.82 Å². The molecule has 110 valence electrons. The SMILES string of the molecule is CC1CCCC(N(C)c2nc3ccccc3cc2C=O)C1. The Labute approximate surface area is 126 Å². The fourth-order valence-corrected chi connectivity index (χ4v) is 3.42. The van der Waals surface area contributed by atoms with Crippen LogP contribution in [0, 0.1) is 5.92 Å². The van der Waals surface area contributed by atoms with Gasteiger partial charge >= 0.3 is 0 Å². The summed E-state index contributed by atoms with van der Waals surface area (Å²) in [6.07, 6.45) is 5.88. The number of aromatic nitrogens is 1. The molecule has 3 nitrogen and oxygen atoms in total. The zero-order valence-corrected chi connectivity index (χ0v) is 12.7. The monoisotopic (exact) mass is 282 g/mol. The van der Waals surface area contributed by atoms with Crippen molar-refractivity contribution in [2.75, 3.05) is 11.9 Å². The van der Waals surface area contributed by atoms with Crippen LogP contribution in [-0.4, -0.2) is 24.4 Å². The molecule has 0 aliphatic heterocycles. The van der Waals surface area contributed by atoms with Crippen molar-refractivity contribution in [1.82, 2.24) is 4.98 Å². The van der Waals surface area contributed by atoms with Crippen LogP contribution < -0.4 is 4.90 Å². The van der Waals surface area contributed by atoms with E-state index < -0.39 is 0 Å². The van der Waals surface area contributed by atoms with Gasteiger partial charge in [-0.15, -0.1) is 0 Å². The van der Waals surface area contributed by atoms with Crippen LogP contribution in [-0.2, 0) is 0 Å². The third-order valence-corrected chi connectivity index (χ3v) is 4.65. The highest BCUT2D eigenvalue weighted by Gasteiger charge is 2.24. The predicted octanol–water partition coefficient (Wildman–Crippen LogP) is 4.06. The van der Waals surface area contributed by atoms with Crippen LogP contribution in [0.5, 0.6) is 0 Å². The molecule has 1 aliphatic carbocycles.